The van der Waals surface area contributed by atoms with Crippen molar-refractivity contribution in [3.05, 3.63) is 70.4 Å². The highest BCUT2D eigenvalue weighted by Crippen LogP contribution is 2.38. The molecule has 4 rings (SSSR count). The number of carbonyl (C=O) groups excluding carboxylic acids is 2. The van der Waals surface area contributed by atoms with Crippen LogP contribution in [0.3, 0.4) is 0 Å². The molecule has 2 amide bonds. The molecule has 0 saturated carbocycles. The Kier molecular flexibility index (Phi) is 8.18. The Morgan fingerprint density at radius 1 is 1.25 bits per heavy atom. The minimum atomic E-state index is -0.437. The van der Waals surface area contributed by atoms with Gasteiger partial charge in [0.2, 0.25) is 5.91 Å². The number of hydrogen-bond donors (Lipinski definition) is 1. The number of nitrogens with zero attached hydrogens (tertiary/aromatic N) is 3. The predicted octanol–water partition coefficient (Wildman–Crippen LogP) is 5.12. The standard InChI is InChI=1S/C27H28N4O4S/c1-3-34-23-7-5-4-6-18(23)8-11-25(32)30-26-22(17-28)21-10-9-20(16-24(21)36-26)35-27(33)31(2)19-12-14-29-15-13-19/h4-7,12-15,20H,3,8-11,16H2,1-2H3,(H,30,32). The summed E-state index contributed by atoms with van der Waals surface area (Å²) in [6, 6.07) is 13.4. The Morgan fingerprint density at radius 2 is 2.03 bits per heavy atom. The summed E-state index contributed by atoms with van der Waals surface area (Å²) in [6.45, 7) is 2.49. The van der Waals surface area contributed by atoms with Crippen LogP contribution in [0.5, 0.6) is 5.75 Å². The molecular weight excluding hydrogens is 476 g/mol. The molecule has 0 bridgehead atoms. The fraction of sp³-hybridized carbons (Fsp3) is 0.333. The summed E-state index contributed by atoms with van der Waals surface area (Å²) >= 11 is 1.39. The van der Waals surface area contributed by atoms with Crippen molar-refractivity contribution in [1.82, 2.24) is 4.98 Å². The molecule has 1 aliphatic rings. The van der Waals surface area contributed by atoms with Crippen LogP contribution in [0, 0.1) is 11.3 Å². The molecule has 1 atom stereocenters. The van der Waals surface area contributed by atoms with E-state index in [9.17, 15) is 14.9 Å². The van der Waals surface area contributed by atoms with E-state index in [1.54, 1.807) is 31.6 Å². The van der Waals surface area contributed by atoms with E-state index in [-0.39, 0.29) is 18.4 Å². The smallest absolute Gasteiger partial charge is 0.414 e. The molecule has 186 valence electrons. The predicted molar refractivity (Wildman–Crippen MR) is 139 cm³/mol. The third kappa shape index (κ3) is 5.83. The van der Waals surface area contributed by atoms with Crippen LogP contribution in [-0.2, 0) is 28.8 Å². The number of aromatic nitrogens is 1. The van der Waals surface area contributed by atoms with Crippen LogP contribution >= 0.6 is 11.3 Å². The topological polar surface area (TPSA) is 105 Å². The van der Waals surface area contributed by atoms with E-state index in [2.05, 4.69) is 16.4 Å². The molecule has 36 heavy (non-hydrogen) atoms. The fourth-order valence-corrected chi connectivity index (χ4v) is 5.48. The molecule has 0 saturated heterocycles. The van der Waals surface area contributed by atoms with E-state index >= 15 is 0 Å². The first-order valence-electron chi connectivity index (χ1n) is 11.9. The van der Waals surface area contributed by atoms with E-state index in [0.29, 0.717) is 48.5 Å². The average Bonchev–Trinajstić information content (AvgIpc) is 3.24. The van der Waals surface area contributed by atoms with Crippen LogP contribution in [0.15, 0.2) is 48.8 Å². The van der Waals surface area contributed by atoms with E-state index in [1.165, 1.54) is 16.2 Å². The molecular formula is C27H28N4O4S. The van der Waals surface area contributed by atoms with E-state index < -0.39 is 6.09 Å². The van der Waals surface area contributed by atoms with Gasteiger partial charge < -0.3 is 14.8 Å². The maximum Gasteiger partial charge on any atom is 0.414 e. The SMILES string of the molecule is CCOc1ccccc1CCC(=O)Nc1sc2c(c1C#N)CCC(OC(=O)N(C)c1ccncc1)C2. The van der Waals surface area contributed by atoms with Crippen molar-refractivity contribution in [3.63, 3.8) is 0 Å². The number of nitrogens with one attached hydrogen (secondary N) is 1. The molecule has 2 heterocycles. The second-order valence-corrected chi connectivity index (χ2v) is 9.53. The van der Waals surface area contributed by atoms with Gasteiger partial charge in [0.1, 0.15) is 22.9 Å². The molecule has 0 fully saturated rings. The van der Waals surface area contributed by atoms with Gasteiger partial charge in [-0.1, -0.05) is 18.2 Å². The van der Waals surface area contributed by atoms with Gasteiger partial charge in [0, 0.05) is 42.8 Å². The zero-order valence-electron chi connectivity index (χ0n) is 20.3. The number of rotatable bonds is 8. The number of fused-ring (bicyclic) bond motifs is 1. The molecule has 8 nitrogen and oxygen atoms in total. The number of amides is 2. The number of benzene rings is 1. The van der Waals surface area contributed by atoms with Crippen LogP contribution in [0.2, 0.25) is 0 Å². The lowest BCUT2D eigenvalue weighted by Crippen LogP contribution is -2.33. The Labute approximate surface area is 214 Å². The van der Waals surface area contributed by atoms with Gasteiger partial charge in [-0.25, -0.2) is 4.79 Å². The first-order valence-corrected chi connectivity index (χ1v) is 12.7. The Morgan fingerprint density at radius 3 is 2.78 bits per heavy atom. The maximum atomic E-state index is 12.7. The Bertz CT molecular complexity index is 1270. The van der Waals surface area contributed by atoms with Crippen LogP contribution in [0.1, 0.15) is 41.3 Å². The van der Waals surface area contributed by atoms with Gasteiger partial charge >= 0.3 is 6.09 Å². The van der Waals surface area contributed by atoms with Gasteiger partial charge in [-0.2, -0.15) is 5.26 Å². The fourth-order valence-electron chi connectivity index (χ4n) is 4.20. The average molecular weight is 505 g/mol. The van der Waals surface area contributed by atoms with Gasteiger partial charge in [-0.15, -0.1) is 11.3 Å². The largest absolute Gasteiger partial charge is 0.494 e. The highest BCUT2D eigenvalue weighted by Gasteiger charge is 2.29. The molecule has 9 heteroatoms. The number of ether oxygens (including phenoxy) is 2. The lowest BCUT2D eigenvalue weighted by molar-refractivity contribution is -0.116. The molecule has 1 aromatic carbocycles. The minimum absolute atomic E-state index is 0.154. The highest BCUT2D eigenvalue weighted by molar-refractivity contribution is 7.16. The summed E-state index contributed by atoms with van der Waals surface area (Å²) in [5.74, 6) is 0.630. The van der Waals surface area contributed by atoms with Crippen molar-refractivity contribution >= 4 is 34.0 Å². The van der Waals surface area contributed by atoms with E-state index in [1.807, 2.05) is 31.2 Å². The van der Waals surface area contributed by atoms with Gasteiger partial charge in [-0.05, 0) is 55.5 Å². The molecule has 1 N–H and O–H groups in total. The maximum absolute atomic E-state index is 12.7. The van der Waals surface area contributed by atoms with Crippen LogP contribution < -0.4 is 15.0 Å². The summed E-state index contributed by atoms with van der Waals surface area (Å²) in [6.07, 6.45) is 5.08. The van der Waals surface area contributed by atoms with Crippen LogP contribution in [-0.4, -0.2) is 36.7 Å². The van der Waals surface area contributed by atoms with Gasteiger partial charge in [-0.3, -0.25) is 14.7 Å². The number of pyridine rings is 1. The number of carbonyl (C=O) groups is 2. The van der Waals surface area contributed by atoms with Crippen molar-refractivity contribution < 1.29 is 19.1 Å². The number of nitriles is 1. The second kappa shape index (κ2) is 11.7. The summed E-state index contributed by atoms with van der Waals surface area (Å²) < 4.78 is 11.4. The molecule has 2 aromatic heterocycles. The van der Waals surface area contributed by atoms with Crippen LogP contribution in [0.25, 0.3) is 0 Å². The van der Waals surface area contributed by atoms with Gasteiger partial charge in [0.25, 0.3) is 0 Å². The van der Waals surface area contributed by atoms with Crippen LogP contribution in [0.4, 0.5) is 15.5 Å². The lowest BCUT2D eigenvalue weighted by Gasteiger charge is -2.25. The van der Waals surface area contributed by atoms with Crippen molar-refractivity contribution in [3.8, 4) is 11.8 Å². The van der Waals surface area contributed by atoms with Gasteiger partial charge in [0.15, 0.2) is 0 Å². The number of thiophene rings is 1. The second-order valence-electron chi connectivity index (χ2n) is 8.42. The zero-order valence-corrected chi connectivity index (χ0v) is 21.1. The molecule has 0 aliphatic heterocycles. The summed E-state index contributed by atoms with van der Waals surface area (Å²) in [7, 11) is 1.66. The molecule has 3 aromatic rings. The monoisotopic (exact) mass is 504 g/mol. The highest BCUT2D eigenvalue weighted by atomic mass is 32.1. The summed E-state index contributed by atoms with van der Waals surface area (Å²) in [5.41, 5.74) is 3.12. The van der Waals surface area contributed by atoms with E-state index in [4.69, 9.17) is 9.47 Å². The molecule has 1 unspecified atom stereocenters. The molecule has 0 radical (unpaired) electrons. The summed E-state index contributed by atoms with van der Waals surface area (Å²) in [4.78, 5) is 31.7. The Hall–Kier alpha value is -3.90. The first kappa shape index (κ1) is 25.2. The first-order chi connectivity index (χ1) is 17.5. The summed E-state index contributed by atoms with van der Waals surface area (Å²) in [5, 5.41) is 13.3. The molecule has 1 aliphatic carbocycles. The normalized spacial score (nSPS) is 14.3. The quantitative estimate of drug-likeness (QED) is 0.457. The Balaban J connectivity index is 1.38. The number of anilines is 2. The van der Waals surface area contributed by atoms with Gasteiger partial charge in [0.05, 0.1) is 12.2 Å². The minimum Gasteiger partial charge on any atom is -0.494 e. The molecule has 0 spiro atoms. The van der Waals surface area contributed by atoms with Crippen molar-refractivity contribution in [2.24, 2.45) is 0 Å². The lowest BCUT2D eigenvalue weighted by atomic mass is 9.94. The van der Waals surface area contributed by atoms with Crippen molar-refractivity contribution in [1.29, 1.82) is 5.26 Å². The van der Waals surface area contributed by atoms with Crippen molar-refractivity contribution in [2.75, 3.05) is 23.9 Å². The number of para-hydroxylation sites is 1. The number of hydrogen-bond acceptors (Lipinski definition) is 7. The number of aryl methyl sites for hydroxylation is 1. The van der Waals surface area contributed by atoms with Crippen molar-refractivity contribution in [2.45, 2.75) is 45.1 Å². The third-order valence-corrected chi connectivity index (χ3v) is 7.24. The van der Waals surface area contributed by atoms with E-state index in [0.717, 1.165) is 21.8 Å². The third-order valence-electron chi connectivity index (χ3n) is 6.07. The zero-order chi connectivity index (χ0) is 25.5.